The van der Waals surface area contributed by atoms with Gasteiger partial charge in [0.1, 0.15) is 30.0 Å². The van der Waals surface area contributed by atoms with Crippen LogP contribution in [0.5, 0.6) is 0 Å². The Morgan fingerprint density at radius 3 is 2.76 bits per heavy atom. The number of ether oxygens (including phenoxy) is 1. The summed E-state index contributed by atoms with van der Waals surface area (Å²) >= 11 is 0. The first-order chi connectivity index (χ1) is 16.2. The summed E-state index contributed by atoms with van der Waals surface area (Å²) < 4.78 is 9.02. The maximum atomic E-state index is 12.9. The molecule has 34 heavy (non-hydrogen) atoms. The fourth-order valence-electron chi connectivity index (χ4n) is 4.51. The lowest BCUT2D eigenvalue weighted by molar-refractivity contribution is -0.140. The van der Waals surface area contributed by atoms with Gasteiger partial charge in [-0.3, -0.25) is 14.3 Å². The van der Waals surface area contributed by atoms with Crippen LogP contribution in [0.1, 0.15) is 19.1 Å². The molecule has 3 aromatic heterocycles. The highest BCUT2D eigenvalue weighted by Gasteiger charge is 2.48. The summed E-state index contributed by atoms with van der Waals surface area (Å²) in [5, 5.41) is 29.1. The highest BCUT2D eigenvalue weighted by Crippen LogP contribution is 2.38. The molecule has 0 saturated carbocycles. The molecule has 0 radical (unpaired) electrons. The first-order valence-electron chi connectivity index (χ1n) is 10.9. The van der Waals surface area contributed by atoms with Gasteiger partial charge in [-0.25, -0.2) is 9.97 Å². The number of hydrogen-bond donors (Lipinski definition) is 4. The molecular weight excluding hydrogens is 444 g/mol. The molecule has 0 aromatic carbocycles. The van der Waals surface area contributed by atoms with Gasteiger partial charge in [0.15, 0.2) is 12.3 Å². The number of fused-ring (bicyclic) bond motifs is 1. The Hall–Kier alpha value is -3.55. The van der Waals surface area contributed by atoms with Gasteiger partial charge in [0.2, 0.25) is 5.91 Å². The second-order valence-corrected chi connectivity index (χ2v) is 8.72. The molecule has 5 rings (SSSR count). The molecule has 2 aliphatic heterocycles. The molecule has 3 aromatic rings. The molecule has 2 amide bonds. The number of amides is 2. The molecule has 1 unspecified atom stereocenters. The number of anilines is 1. The number of aliphatic hydroxyl groups is 2. The summed E-state index contributed by atoms with van der Waals surface area (Å²) in [6, 6.07) is 1.43. The number of nitrogens with one attached hydrogen (secondary N) is 1. The second-order valence-electron chi connectivity index (χ2n) is 8.72. The Bertz CT molecular complexity index is 1260. The van der Waals surface area contributed by atoms with E-state index in [9.17, 15) is 19.8 Å². The number of nitrogens with zero attached hydrogens (tertiary/aromatic N) is 6. The van der Waals surface area contributed by atoms with E-state index in [0.717, 1.165) is 0 Å². The van der Waals surface area contributed by atoms with Gasteiger partial charge in [0, 0.05) is 51.1 Å². The second kappa shape index (κ2) is 8.34. The number of likely N-dealkylation sites (tertiary alicyclic amines) is 1. The van der Waals surface area contributed by atoms with Crippen LogP contribution in [0.4, 0.5) is 5.82 Å². The smallest absolute Gasteiger partial charge is 0.252 e. The minimum Gasteiger partial charge on any atom is -0.387 e. The number of piperidine rings is 1. The van der Waals surface area contributed by atoms with Gasteiger partial charge in [-0.1, -0.05) is 0 Å². The fraction of sp³-hybridized carbons (Fsp3) is 0.476. The maximum absolute atomic E-state index is 12.9. The summed E-state index contributed by atoms with van der Waals surface area (Å²) in [5.41, 5.74) is 7.73. The van der Waals surface area contributed by atoms with Crippen molar-refractivity contribution in [3.8, 4) is 11.3 Å². The zero-order chi connectivity index (χ0) is 24.1. The third-order valence-corrected chi connectivity index (χ3v) is 6.41. The molecule has 180 valence electrons. The topological polar surface area (TPSA) is 174 Å². The van der Waals surface area contributed by atoms with Crippen molar-refractivity contribution >= 4 is 28.7 Å². The van der Waals surface area contributed by atoms with Gasteiger partial charge in [-0.15, -0.1) is 0 Å². The summed E-state index contributed by atoms with van der Waals surface area (Å²) in [7, 11) is 3.49. The standard InChI is InChI=1S/C21H26N8O5/c1-27-5-3-10(7-13(27)30)25-20(33)17-15(31)16(32)21(34-17)29-8-11(12-4-6-28(2)26-12)14-18(22)23-9-24-19(14)29/h4,6,8-10,15-17,21,31-32H,3,5,7H2,1-2H3,(H,25,33)(H2,22,23,24)/t10?,15-,16+,17-,21+/m0/s1. The SMILES string of the molecule is CN1CCC(NC(=O)[C@H]2O[C@@H](n3cc(-c4ccn(C)n4)c4c(N)ncnc43)[C@H](O)[C@@H]2O)CC1=O. The van der Waals surface area contributed by atoms with Crippen LogP contribution in [0.15, 0.2) is 24.8 Å². The maximum Gasteiger partial charge on any atom is 0.252 e. The highest BCUT2D eigenvalue weighted by molar-refractivity contribution is 5.99. The number of aryl methyl sites for hydroxylation is 1. The molecule has 13 nitrogen and oxygen atoms in total. The van der Waals surface area contributed by atoms with Crippen molar-refractivity contribution in [2.45, 2.75) is 43.4 Å². The highest BCUT2D eigenvalue weighted by atomic mass is 16.6. The molecule has 13 heteroatoms. The molecule has 5 atom stereocenters. The Morgan fingerprint density at radius 1 is 1.26 bits per heavy atom. The summed E-state index contributed by atoms with van der Waals surface area (Å²) in [4.78, 5) is 34.8. The number of aromatic nitrogens is 5. The van der Waals surface area contributed by atoms with Crippen LogP contribution in [0.25, 0.3) is 22.3 Å². The number of nitrogens with two attached hydrogens (primary N) is 1. The number of rotatable bonds is 4. The van der Waals surface area contributed by atoms with E-state index in [1.54, 1.807) is 42.1 Å². The van der Waals surface area contributed by atoms with E-state index >= 15 is 0 Å². The Labute approximate surface area is 194 Å². The number of carbonyl (C=O) groups excluding carboxylic acids is 2. The normalized spacial score (nSPS) is 27.5. The zero-order valence-electron chi connectivity index (χ0n) is 18.7. The van der Waals surface area contributed by atoms with E-state index in [2.05, 4.69) is 20.4 Å². The lowest BCUT2D eigenvalue weighted by atomic mass is 10.0. The van der Waals surface area contributed by atoms with Crippen molar-refractivity contribution in [1.29, 1.82) is 0 Å². The quantitative estimate of drug-likeness (QED) is 0.364. The van der Waals surface area contributed by atoms with Gasteiger partial charge in [-0.05, 0) is 12.5 Å². The molecule has 5 heterocycles. The summed E-state index contributed by atoms with van der Waals surface area (Å²) in [6.45, 7) is 0.524. The number of aliphatic hydroxyl groups excluding tert-OH is 2. The fourth-order valence-corrected chi connectivity index (χ4v) is 4.51. The molecule has 2 aliphatic rings. The lowest BCUT2D eigenvalue weighted by Crippen LogP contribution is -2.51. The van der Waals surface area contributed by atoms with E-state index in [-0.39, 0.29) is 24.2 Å². The Balaban J connectivity index is 1.43. The summed E-state index contributed by atoms with van der Waals surface area (Å²) in [6.07, 6.45) is 0.141. The molecule has 0 aliphatic carbocycles. The molecule has 5 N–H and O–H groups in total. The van der Waals surface area contributed by atoms with Crippen molar-refractivity contribution in [2.75, 3.05) is 19.3 Å². The summed E-state index contributed by atoms with van der Waals surface area (Å²) in [5.74, 6) is -0.439. The zero-order valence-corrected chi connectivity index (χ0v) is 18.7. The monoisotopic (exact) mass is 470 g/mol. The predicted molar refractivity (Wildman–Crippen MR) is 119 cm³/mol. The number of hydrogen-bond acceptors (Lipinski definition) is 9. The number of nitrogen functional groups attached to an aromatic ring is 1. The Morgan fingerprint density at radius 2 is 2.06 bits per heavy atom. The van der Waals surface area contributed by atoms with Crippen molar-refractivity contribution < 1.29 is 24.5 Å². The predicted octanol–water partition coefficient (Wildman–Crippen LogP) is -1.23. The minimum absolute atomic E-state index is 0.0690. The largest absolute Gasteiger partial charge is 0.387 e. The third-order valence-electron chi connectivity index (χ3n) is 6.41. The van der Waals surface area contributed by atoms with E-state index in [1.165, 1.54) is 10.9 Å². The number of carbonyl (C=O) groups is 2. The van der Waals surface area contributed by atoms with Crippen LogP contribution in [0.3, 0.4) is 0 Å². The molecule has 2 saturated heterocycles. The van der Waals surface area contributed by atoms with E-state index < -0.39 is 30.4 Å². The van der Waals surface area contributed by atoms with E-state index in [4.69, 9.17) is 10.5 Å². The van der Waals surface area contributed by atoms with Crippen molar-refractivity contribution in [3.05, 3.63) is 24.8 Å². The van der Waals surface area contributed by atoms with Crippen molar-refractivity contribution in [1.82, 2.24) is 34.5 Å². The van der Waals surface area contributed by atoms with E-state index in [0.29, 0.717) is 35.3 Å². The van der Waals surface area contributed by atoms with Gasteiger partial charge >= 0.3 is 0 Å². The van der Waals surface area contributed by atoms with Crippen LogP contribution < -0.4 is 11.1 Å². The van der Waals surface area contributed by atoms with Gasteiger partial charge < -0.3 is 35.5 Å². The van der Waals surface area contributed by atoms with Gasteiger partial charge in [0.05, 0.1) is 11.1 Å². The molecule has 2 fully saturated rings. The average Bonchev–Trinajstić information content (AvgIpc) is 3.48. The minimum atomic E-state index is -1.48. The van der Waals surface area contributed by atoms with Gasteiger partial charge in [0.25, 0.3) is 5.91 Å². The van der Waals surface area contributed by atoms with Crippen LogP contribution in [0, 0.1) is 0 Å². The molecule has 0 bridgehead atoms. The molecule has 0 spiro atoms. The third kappa shape index (κ3) is 3.67. The Kier molecular flexibility index (Phi) is 5.46. The average molecular weight is 470 g/mol. The lowest BCUT2D eigenvalue weighted by Gasteiger charge is -2.30. The first-order valence-corrected chi connectivity index (χ1v) is 10.9. The van der Waals surface area contributed by atoms with Crippen molar-refractivity contribution in [2.24, 2.45) is 7.05 Å². The first kappa shape index (κ1) is 22.3. The van der Waals surface area contributed by atoms with Crippen LogP contribution in [-0.4, -0.2) is 89.2 Å². The van der Waals surface area contributed by atoms with Crippen molar-refractivity contribution in [3.63, 3.8) is 0 Å². The van der Waals surface area contributed by atoms with Crippen LogP contribution in [-0.2, 0) is 21.4 Å². The molecular formula is C21H26N8O5. The van der Waals surface area contributed by atoms with E-state index in [1.807, 2.05) is 0 Å². The van der Waals surface area contributed by atoms with Gasteiger partial charge in [-0.2, -0.15) is 5.10 Å². The van der Waals surface area contributed by atoms with Crippen LogP contribution >= 0.6 is 0 Å². The van der Waals surface area contributed by atoms with Crippen LogP contribution in [0.2, 0.25) is 0 Å².